The first-order valence-corrected chi connectivity index (χ1v) is 10.5. The number of amides is 1. The number of aromatic hydroxyl groups is 1. The molecule has 1 saturated heterocycles. The first-order chi connectivity index (χ1) is 13.5. The van der Waals surface area contributed by atoms with Gasteiger partial charge in [-0.15, -0.1) is 5.10 Å². The van der Waals surface area contributed by atoms with E-state index >= 15 is 0 Å². The molecule has 1 amide bonds. The van der Waals surface area contributed by atoms with Crippen molar-refractivity contribution in [2.75, 3.05) is 13.1 Å². The van der Waals surface area contributed by atoms with Crippen molar-refractivity contribution in [3.63, 3.8) is 0 Å². The summed E-state index contributed by atoms with van der Waals surface area (Å²) in [7, 11) is 0. The number of benzene rings is 1. The predicted molar refractivity (Wildman–Crippen MR) is 109 cm³/mol. The van der Waals surface area contributed by atoms with Crippen LogP contribution in [-0.2, 0) is 11.2 Å². The number of thiazole rings is 1. The molecular formula is C19H22ClN5O2S. The molecule has 9 heteroatoms. The lowest BCUT2D eigenvalue weighted by Gasteiger charge is -2.36. The highest BCUT2D eigenvalue weighted by atomic mass is 35.5. The number of halogens is 1. The molecule has 148 valence electrons. The summed E-state index contributed by atoms with van der Waals surface area (Å²) in [5.41, 5.74) is 6.47. The summed E-state index contributed by atoms with van der Waals surface area (Å²) in [5, 5.41) is 15.9. The van der Waals surface area contributed by atoms with E-state index in [1.165, 1.54) is 15.9 Å². The van der Waals surface area contributed by atoms with Crippen LogP contribution in [-0.4, -0.2) is 43.6 Å². The number of aryl methyl sites for hydroxylation is 1. The number of carbonyl (C=O) groups excluding carboxylic acids is 1. The fourth-order valence-electron chi connectivity index (χ4n) is 3.77. The van der Waals surface area contributed by atoms with Gasteiger partial charge in [0.15, 0.2) is 5.82 Å². The highest BCUT2D eigenvalue weighted by Crippen LogP contribution is 2.41. The van der Waals surface area contributed by atoms with Crippen molar-refractivity contribution in [1.82, 2.24) is 19.5 Å². The van der Waals surface area contributed by atoms with Crippen LogP contribution in [0.15, 0.2) is 24.3 Å². The van der Waals surface area contributed by atoms with Gasteiger partial charge in [0.05, 0.1) is 10.9 Å². The van der Waals surface area contributed by atoms with Gasteiger partial charge in [0.25, 0.3) is 0 Å². The molecule has 7 nitrogen and oxygen atoms in total. The molecular weight excluding hydrogens is 398 g/mol. The average Bonchev–Trinajstić information content (AvgIpc) is 3.22. The second-order valence-electron chi connectivity index (χ2n) is 7.04. The van der Waals surface area contributed by atoms with Gasteiger partial charge in [-0.05, 0) is 43.6 Å². The van der Waals surface area contributed by atoms with Gasteiger partial charge in [-0.1, -0.05) is 42.0 Å². The number of hydrogen-bond acceptors (Lipinski definition) is 6. The minimum atomic E-state index is -0.243. The number of aromatic nitrogens is 3. The molecule has 0 saturated carbocycles. The van der Waals surface area contributed by atoms with Crippen LogP contribution in [0.4, 0.5) is 0 Å². The van der Waals surface area contributed by atoms with Crippen LogP contribution in [0.3, 0.4) is 0 Å². The highest BCUT2D eigenvalue weighted by Gasteiger charge is 2.33. The molecule has 1 aliphatic heterocycles. The normalized spacial score (nSPS) is 17.2. The molecule has 0 unspecified atom stereocenters. The minimum absolute atomic E-state index is 0.0979. The van der Waals surface area contributed by atoms with Crippen LogP contribution in [0.2, 0.25) is 5.02 Å². The Morgan fingerprint density at radius 3 is 2.79 bits per heavy atom. The molecule has 3 N–H and O–H groups in total. The average molecular weight is 420 g/mol. The van der Waals surface area contributed by atoms with Gasteiger partial charge < -0.3 is 10.8 Å². The van der Waals surface area contributed by atoms with Crippen molar-refractivity contribution in [3.8, 4) is 5.88 Å². The highest BCUT2D eigenvalue weighted by molar-refractivity contribution is 7.17. The van der Waals surface area contributed by atoms with Gasteiger partial charge in [0.1, 0.15) is 0 Å². The van der Waals surface area contributed by atoms with Crippen LogP contribution < -0.4 is 5.73 Å². The Labute approximate surface area is 171 Å². The number of nitrogens with two attached hydrogens (primary N) is 1. The molecule has 0 aliphatic carbocycles. The second-order valence-corrected chi connectivity index (χ2v) is 8.48. The molecule has 0 spiro atoms. The number of carbonyl (C=O) groups is 1. The summed E-state index contributed by atoms with van der Waals surface area (Å²) in [6, 6.07) is 7.47. The number of rotatable bonds is 5. The fourth-order valence-corrected chi connectivity index (χ4v) is 5.10. The van der Waals surface area contributed by atoms with Crippen molar-refractivity contribution in [3.05, 3.63) is 45.6 Å². The second kappa shape index (κ2) is 7.69. The van der Waals surface area contributed by atoms with E-state index in [-0.39, 0.29) is 23.7 Å². The smallest absolute Gasteiger partial charge is 0.230 e. The first-order valence-electron chi connectivity index (χ1n) is 9.34. The van der Waals surface area contributed by atoms with E-state index in [0.29, 0.717) is 48.2 Å². The summed E-state index contributed by atoms with van der Waals surface area (Å²) in [5.74, 6) is 0.468. The van der Waals surface area contributed by atoms with Gasteiger partial charge in [0, 0.05) is 17.4 Å². The zero-order valence-electron chi connectivity index (χ0n) is 15.5. The molecule has 28 heavy (non-hydrogen) atoms. The topological polar surface area (TPSA) is 96.8 Å². The number of piperidine rings is 1. The van der Waals surface area contributed by atoms with Crippen LogP contribution >= 0.6 is 22.9 Å². The summed E-state index contributed by atoms with van der Waals surface area (Å²) >= 11 is 7.68. The van der Waals surface area contributed by atoms with Crippen LogP contribution in [0.5, 0.6) is 5.88 Å². The molecule has 2 aromatic heterocycles. The SMILES string of the molecule is CCc1nc2sc([C@H](c3cccc(Cl)c3)N3CCC(C(N)=O)CC3)c(O)n2n1. The molecule has 0 bridgehead atoms. The molecule has 1 aliphatic rings. The molecule has 3 aromatic rings. The number of likely N-dealkylation sites (tertiary alicyclic amines) is 1. The van der Waals surface area contributed by atoms with Crippen LogP contribution in [0.25, 0.3) is 4.96 Å². The van der Waals surface area contributed by atoms with Crippen LogP contribution in [0, 0.1) is 5.92 Å². The lowest BCUT2D eigenvalue weighted by atomic mass is 9.93. The maximum atomic E-state index is 11.5. The molecule has 1 fully saturated rings. The van der Waals surface area contributed by atoms with E-state index in [2.05, 4.69) is 15.0 Å². The Bertz CT molecular complexity index is 1010. The number of primary amides is 1. The van der Waals surface area contributed by atoms with Crippen molar-refractivity contribution >= 4 is 33.8 Å². The number of nitrogens with zero attached hydrogens (tertiary/aromatic N) is 4. The van der Waals surface area contributed by atoms with Crippen LogP contribution in [0.1, 0.15) is 42.1 Å². The van der Waals surface area contributed by atoms with E-state index in [4.69, 9.17) is 17.3 Å². The largest absolute Gasteiger partial charge is 0.492 e. The fraction of sp³-hybridized carbons (Fsp3) is 0.421. The Kier molecular flexibility index (Phi) is 5.27. The summed E-state index contributed by atoms with van der Waals surface area (Å²) in [4.78, 5) is 19.7. The zero-order chi connectivity index (χ0) is 19.8. The Hall–Kier alpha value is -2.16. The van der Waals surface area contributed by atoms with Crippen molar-refractivity contribution < 1.29 is 9.90 Å². The Balaban J connectivity index is 1.74. The van der Waals surface area contributed by atoms with Crippen molar-refractivity contribution in [2.24, 2.45) is 11.7 Å². The number of fused-ring (bicyclic) bond motifs is 1. The van der Waals surface area contributed by atoms with Gasteiger partial charge in [0.2, 0.25) is 16.7 Å². The summed E-state index contributed by atoms with van der Waals surface area (Å²) in [6.07, 6.45) is 2.11. The van der Waals surface area contributed by atoms with E-state index < -0.39 is 0 Å². The van der Waals surface area contributed by atoms with E-state index in [1.807, 2.05) is 31.2 Å². The third-order valence-electron chi connectivity index (χ3n) is 5.27. The quantitative estimate of drug-likeness (QED) is 0.662. The van der Waals surface area contributed by atoms with Gasteiger partial charge in [-0.3, -0.25) is 9.69 Å². The third kappa shape index (κ3) is 3.47. The van der Waals surface area contributed by atoms with Gasteiger partial charge in [-0.25, -0.2) is 4.98 Å². The zero-order valence-corrected chi connectivity index (χ0v) is 17.1. The van der Waals surface area contributed by atoms with Gasteiger partial charge in [-0.2, -0.15) is 4.52 Å². The maximum Gasteiger partial charge on any atom is 0.230 e. The lowest BCUT2D eigenvalue weighted by molar-refractivity contribution is -0.123. The molecule has 0 radical (unpaired) electrons. The molecule has 4 rings (SSSR count). The van der Waals surface area contributed by atoms with Crippen molar-refractivity contribution in [2.45, 2.75) is 32.2 Å². The monoisotopic (exact) mass is 419 g/mol. The summed E-state index contributed by atoms with van der Waals surface area (Å²) in [6.45, 7) is 3.39. The number of hydrogen-bond donors (Lipinski definition) is 2. The molecule has 1 atom stereocenters. The summed E-state index contributed by atoms with van der Waals surface area (Å²) < 4.78 is 1.51. The van der Waals surface area contributed by atoms with E-state index in [9.17, 15) is 9.90 Å². The standard InChI is InChI=1S/C19H22ClN5O2S/c1-2-14-22-19-25(23-14)18(27)16(28-19)15(12-4-3-5-13(20)10-12)24-8-6-11(7-9-24)17(21)26/h3-5,10-11,15,27H,2,6-9H2,1H3,(H2,21,26)/t15-/m0/s1. The lowest BCUT2D eigenvalue weighted by Crippen LogP contribution is -2.40. The minimum Gasteiger partial charge on any atom is -0.492 e. The van der Waals surface area contributed by atoms with Gasteiger partial charge >= 0.3 is 0 Å². The maximum absolute atomic E-state index is 11.5. The van der Waals surface area contributed by atoms with Crippen molar-refractivity contribution in [1.29, 1.82) is 0 Å². The molecule has 3 heterocycles. The Morgan fingerprint density at radius 2 is 2.18 bits per heavy atom. The van der Waals surface area contributed by atoms with E-state index in [0.717, 1.165) is 10.4 Å². The molecule has 1 aromatic carbocycles. The van der Waals surface area contributed by atoms with E-state index in [1.54, 1.807) is 0 Å². The first kappa shape index (κ1) is 19.2. The predicted octanol–water partition coefficient (Wildman–Crippen LogP) is 3.00. The third-order valence-corrected chi connectivity index (χ3v) is 6.58. The Morgan fingerprint density at radius 1 is 1.43 bits per heavy atom.